The number of hydrogen-bond acceptors (Lipinski definition) is 5. The van der Waals surface area contributed by atoms with Gasteiger partial charge in [-0.25, -0.2) is 9.78 Å². The summed E-state index contributed by atoms with van der Waals surface area (Å²) >= 11 is 0. The monoisotopic (exact) mass is 438 g/mol. The molecule has 33 heavy (non-hydrogen) atoms. The summed E-state index contributed by atoms with van der Waals surface area (Å²) < 4.78 is 10.6. The fraction of sp³-hybridized carbons (Fsp3) is 0.148. The number of benzene rings is 2. The van der Waals surface area contributed by atoms with Crippen molar-refractivity contribution in [2.24, 2.45) is 0 Å². The zero-order valence-electron chi connectivity index (χ0n) is 17.9. The Morgan fingerprint density at radius 1 is 1.00 bits per heavy atom. The van der Waals surface area contributed by atoms with Crippen LogP contribution in [-0.2, 0) is 22.5 Å². The third-order valence-electron chi connectivity index (χ3n) is 5.66. The normalized spacial score (nSPS) is 13.8. The van der Waals surface area contributed by atoms with E-state index >= 15 is 0 Å². The highest BCUT2D eigenvalue weighted by atomic mass is 16.5. The van der Waals surface area contributed by atoms with Gasteiger partial charge in [-0.05, 0) is 53.8 Å². The van der Waals surface area contributed by atoms with E-state index in [0.717, 1.165) is 39.7 Å². The molecule has 0 unspecified atom stereocenters. The molecule has 5 rings (SSSR count). The van der Waals surface area contributed by atoms with Gasteiger partial charge in [-0.3, -0.25) is 4.79 Å². The van der Waals surface area contributed by atoms with Gasteiger partial charge in [0, 0.05) is 5.39 Å². The van der Waals surface area contributed by atoms with Crippen LogP contribution < -0.4 is 5.32 Å². The number of aromatic nitrogens is 1. The quantitative estimate of drug-likeness (QED) is 0.438. The van der Waals surface area contributed by atoms with Crippen molar-refractivity contribution in [3.05, 3.63) is 101 Å². The number of carbonyl (C=O) groups is 2. The van der Waals surface area contributed by atoms with Crippen LogP contribution in [-0.4, -0.2) is 23.5 Å². The molecule has 0 bridgehead atoms. The summed E-state index contributed by atoms with van der Waals surface area (Å²) in [6.45, 7) is -0.123. The molecule has 4 aromatic rings. The van der Waals surface area contributed by atoms with Gasteiger partial charge in [-0.2, -0.15) is 0 Å². The highest BCUT2D eigenvalue weighted by Gasteiger charge is 2.27. The minimum Gasteiger partial charge on any atom is -0.467 e. The van der Waals surface area contributed by atoms with E-state index in [2.05, 4.69) is 11.4 Å². The Morgan fingerprint density at radius 3 is 2.64 bits per heavy atom. The molecule has 6 heteroatoms. The molecule has 2 heterocycles. The van der Waals surface area contributed by atoms with E-state index in [1.54, 1.807) is 12.1 Å². The van der Waals surface area contributed by atoms with Crippen LogP contribution in [0.4, 0.5) is 0 Å². The van der Waals surface area contributed by atoms with Crippen molar-refractivity contribution in [1.82, 2.24) is 10.3 Å². The Bertz CT molecular complexity index is 1340. The zero-order chi connectivity index (χ0) is 22.6. The smallest absolute Gasteiger partial charge is 0.339 e. The summed E-state index contributed by atoms with van der Waals surface area (Å²) in [4.78, 5) is 30.2. The number of hydrogen-bond donors (Lipinski definition) is 1. The Hall–Kier alpha value is -4.19. The third kappa shape index (κ3) is 4.41. The summed E-state index contributed by atoms with van der Waals surface area (Å²) in [6, 6.07) is 21.1. The van der Waals surface area contributed by atoms with Crippen LogP contribution >= 0.6 is 0 Å². The lowest BCUT2D eigenvalue weighted by Crippen LogP contribution is -2.28. The van der Waals surface area contributed by atoms with Crippen LogP contribution in [0.2, 0.25) is 0 Å². The van der Waals surface area contributed by atoms with E-state index in [1.807, 2.05) is 54.6 Å². The molecular formula is C27H22N2O4. The third-order valence-corrected chi connectivity index (χ3v) is 5.66. The number of ether oxygens (including phenoxy) is 1. The number of fused-ring (bicyclic) bond motifs is 2. The number of para-hydroxylation sites is 1. The van der Waals surface area contributed by atoms with Crippen LogP contribution in [0.1, 0.15) is 39.4 Å². The van der Waals surface area contributed by atoms with E-state index in [1.165, 1.54) is 6.26 Å². The Labute approximate surface area is 190 Å². The van der Waals surface area contributed by atoms with Gasteiger partial charge >= 0.3 is 5.97 Å². The van der Waals surface area contributed by atoms with Gasteiger partial charge in [0.25, 0.3) is 5.91 Å². The van der Waals surface area contributed by atoms with Gasteiger partial charge in [0.05, 0.1) is 29.6 Å². The number of pyridine rings is 1. The van der Waals surface area contributed by atoms with Gasteiger partial charge in [-0.1, -0.05) is 48.5 Å². The second-order valence-electron chi connectivity index (χ2n) is 7.84. The maximum absolute atomic E-state index is 13.2. The number of nitrogens with zero attached hydrogens (tertiary/aromatic N) is 1. The lowest BCUT2D eigenvalue weighted by molar-refractivity contribution is -0.124. The average Bonchev–Trinajstić information content (AvgIpc) is 3.51. The molecule has 0 saturated heterocycles. The first-order valence-electron chi connectivity index (χ1n) is 10.8. The van der Waals surface area contributed by atoms with Crippen molar-refractivity contribution in [3.63, 3.8) is 0 Å². The van der Waals surface area contributed by atoms with Crippen molar-refractivity contribution in [2.75, 3.05) is 6.61 Å². The molecule has 6 nitrogen and oxygen atoms in total. The Balaban J connectivity index is 1.41. The van der Waals surface area contributed by atoms with Crippen LogP contribution in [0.5, 0.6) is 0 Å². The van der Waals surface area contributed by atoms with E-state index in [4.69, 9.17) is 14.1 Å². The molecule has 1 amide bonds. The number of allylic oxidation sites excluding steroid dienone is 1. The highest BCUT2D eigenvalue weighted by molar-refractivity contribution is 6.07. The van der Waals surface area contributed by atoms with Crippen LogP contribution in [0.25, 0.3) is 22.6 Å². The first kappa shape index (κ1) is 20.7. The number of amides is 1. The van der Waals surface area contributed by atoms with Gasteiger partial charge in [0.1, 0.15) is 5.76 Å². The molecule has 0 spiro atoms. The standard InChI is InChI=1S/C27H22N2O4/c30-24(28-16-20-9-6-14-32-20)17-33-27(31)25-21-10-4-5-11-23(21)29-26-19(12-13-22(25)26)15-18-7-2-1-3-8-18/h1-11,14-15H,12-13,16-17H2,(H,28,30)/b19-15-. The largest absolute Gasteiger partial charge is 0.467 e. The van der Waals surface area contributed by atoms with Crippen molar-refractivity contribution in [2.45, 2.75) is 19.4 Å². The molecule has 1 aliphatic carbocycles. The van der Waals surface area contributed by atoms with Crippen LogP contribution in [0, 0.1) is 0 Å². The molecule has 0 saturated carbocycles. The predicted molar refractivity (Wildman–Crippen MR) is 125 cm³/mol. The summed E-state index contributed by atoms with van der Waals surface area (Å²) in [6.07, 6.45) is 5.14. The fourth-order valence-electron chi connectivity index (χ4n) is 4.12. The van der Waals surface area contributed by atoms with Crippen molar-refractivity contribution >= 4 is 34.4 Å². The molecule has 164 valence electrons. The number of esters is 1. The van der Waals surface area contributed by atoms with Crippen LogP contribution in [0.15, 0.2) is 77.4 Å². The minimum absolute atomic E-state index is 0.241. The lowest BCUT2D eigenvalue weighted by atomic mass is 10.0. The molecule has 0 aliphatic heterocycles. The first-order valence-corrected chi connectivity index (χ1v) is 10.8. The van der Waals surface area contributed by atoms with Gasteiger partial charge in [-0.15, -0.1) is 0 Å². The highest BCUT2D eigenvalue weighted by Crippen LogP contribution is 2.37. The van der Waals surface area contributed by atoms with Crippen molar-refractivity contribution < 1.29 is 18.7 Å². The summed E-state index contributed by atoms with van der Waals surface area (Å²) in [5, 5.41) is 3.42. The number of nitrogens with one attached hydrogen (secondary N) is 1. The first-order chi connectivity index (χ1) is 16.2. The second-order valence-corrected chi connectivity index (χ2v) is 7.84. The predicted octanol–water partition coefficient (Wildman–Crippen LogP) is 4.79. The van der Waals surface area contributed by atoms with E-state index in [-0.39, 0.29) is 19.1 Å². The van der Waals surface area contributed by atoms with Gasteiger partial charge in [0.15, 0.2) is 6.61 Å². The fourth-order valence-corrected chi connectivity index (χ4v) is 4.12. The van der Waals surface area contributed by atoms with E-state index in [9.17, 15) is 9.59 Å². The topological polar surface area (TPSA) is 81.4 Å². The summed E-state index contributed by atoms with van der Waals surface area (Å²) in [7, 11) is 0. The molecule has 0 fully saturated rings. The van der Waals surface area contributed by atoms with Crippen molar-refractivity contribution in [3.8, 4) is 0 Å². The summed E-state index contributed by atoms with van der Waals surface area (Å²) in [5.41, 5.74) is 5.10. The second kappa shape index (κ2) is 9.12. The summed E-state index contributed by atoms with van der Waals surface area (Å²) in [5.74, 6) is -0.274. The number of furan rings is 1. The maximum atomic E-state index is 13.2. The maximum Gasteiger partial charge on any atom is 0.339 e. The number of carbonyl (C=O) groups excluding carboxylic acids is 2. The van der Waals surface area contributed by atoms with Gasteiger partial charge < -0.3 is 14.5 Å². The van der Waals surface area contributed by atoms with E-state index in [0.29, 0.717) is 17.7 Å². The van der Waals surface area contributed by atoms with E-state index < -0.39 is 5.97 Å². The SMILES string of the molecule is O=C(COC(=O)c1c2c(nc3ccccc13)/C(=C\c1ccccc1)CC2)NCc1ccco1. The van der Waals surface area contributed by atoms with Crippen LogP contribution in [0.3, 0.4) is 0 Å². The Morgan fingerprint density at radius 2 is 1.82 bits per heavy atom. The lowest BCUT2D eigenvalue weighted by Gasteiger charge is -2.12. The number of rotatable bonds is 6. The molecule has 1 aliphatic rings. The van der Waals surface area contributed by atoms with Gasteiger partial charge in [0.2, 0.25) is 0 Å². The minimum atomic E-state index is -0.515. The van der Waals surface area contributed by atoms with Crippen molar-refractivity contribution in [1.29, 1.82) is 0 Å². The average molecular weight is 438 g/mol. The molecule has 2 aromatic carbocycles. The Kier molecular flexibility index (Phi) is 5.72. The molecular weight excluding hydrogens is 416 g/mol. The molecule has 0 atom stereocenters. The molecule has 1 N–H and O–H groups in total. The molecule has 0 radical (unpaired) electrons. The zero-order valence-corrected chi connectivity index (χ0v) is 17.9. The molecule has 2 aromatic heterocycles.